The summed E-state index contributed by atoms with van der Waals surface area (Å²) in [6, 6.07) is 0.183. The molecule has 2 aromatic rings. The summed E-state index contributed by atoms with van der Waals surface area (Å²) in [5, 5.41) is 4.09. The van der Waals surface area contributed by atoms with Gasteiger partial charge < -0.3 is 14.2 Å². The predicted molar refractivity (Wildman–Crippen MR) is 89.1 cm³/mol. The Morgan fingerprint density at radius 1 is 1.52 bits per heavy atom. The van der Waals surface area contributed by atoms with Crippen molar-refractivity contribution in [2.24, 2.45) is 0 Å². The zero-order valence-corrected chi connectivity index (χ0v) is 14.2. The highest BCUT2D eigenvalue weighted by Gasteiger charge is 2.26. The minimum atomic E-state index is -0.107. The van der Waals surface area contributed by atoms with Gasteiger partial charge >= 0.3 is 6.03 Å². The summed E-state index contributed by atoms with van der Waals surface area (Å²) in [5.74, 6) is 1.07. The lowest BCUT2D eigenvalue weighted by molar-refractivity contribution is 0.178. The second-order valence-corrected chi connectivity index (χ2v) is 6.46. The predicted octanol–water partition coefficient (Wildman–Crippen LogP) is 2.78. The summed E-state index contributed by atoms with van der Waals surface area (Å²) < 4.78 is 7.29. The van der Waals surface area contributed by atoms with Crippen molar-refractivity contribution in [2.45, 2.75) is 32.2 Å². The monoisotopic (exact) mass is 335 g/mol. The highest BCUT2D eigenvalue weighted by atomic mass is 32.1. The van der Waals surface area contributed by atoms with Crippen molar-refractivity contribution < 1.29 is 9.53 Å². The van der Waals surface area contributed by atoms with Crippen LogP contribution in [0.4, 0.5) is 9.93 Å². The van der Waals surface area contributed by atoms with Gasteiger partial charge in [-0.3, -0.25) is 5.32 Å². The zero-order chi connectivity index (χ0) is 16.2. The van der Waals surface area contributed by atoms with Gasteiger partial charge in [0.2, 0.25) is 0 Å². The van der Waals surface area contributed by atoms with E-state index in [-0.39, 0.29) is 12.1 Å². The number of carbonyl (C=O) groups is 1. The van der Waals surface area contributed by atoms with E-state index in [4.69, 9.17) is 4.74 Å². The first kappa shape index (κ1) is 15.8. The summed E-state index contributed by atoms with van der Waals surface area (Å²) in [7, 11) is 1.59. The molecule has 0 bridgehead atoms. The second-order valence-electron chi connectivity index (χ2n) is 5.47. The van der Waals surface area contributed by atoms with Crippen LogP contribution in [0.1, 0.15) is 31.6 Å². The number of aromatic nitrogens is 3. The lowest BCUT2D eigenvalue weighted by atomic mass is 10.1. The summed E-state index contributed by atoms with van der Waals surface area (Å²) in [6.45, 7) is 3.56. The number of imidazole rings is 1. The molecule has 3 rings (SSSR count). The molecule has 1 aliphatic rings. The van der Waals surface area contributed by atoms with Crippen molar-refractivity contribution in [3.05, 3.63) is 24.4 Å². The van der Waals surface area contributed by atoms with Crippen LogP contribution in [-0.4, -0.2) is 45.7 Å². The largest absolute Gasteiger partial charge is 0.486 e. The SMILES string of the molecule is CCc1nccn1C1CCCN(C(=O)Nc2ncc(OC)s2)C1. The molecule has 3 heterocycles. The van der Waals surface area contributed by atoms with Gasteiger partial charge in [-0.15, -0.1) is 0 Å². The topological polar surface area (TPSA) is 72.3 Å². The van der Waals surface area contributed by atoms with Crippen LogP contribution >= 0.6 is 11.3 Å². The molecule has 0 radical (unpaired) electrons. The van der Waals surface area contributed by atoms with Crippen molar-refractivity contribution in [1.82, 2.24) is 19.4 Å². The quantitative estimate of drug-likeness (QED) is 0.932. The fourth-order valence-corrected chi connectivity index (χ4v) is 3.52. The molecule has 124 valence electrons. The summed E-state index contributed by atoms with van der Waals surface area (Å²) >= 11 is 1.32. The van der Waals surface area contributed by atoms with Crippen molar-refractivity contribution in [2.75, 3.05) is 25.5 Å². The van der Waals surface area contributed by atoms with E-state index in [9.17, 15) is 4.79 Å². The second kappa shape index (κ2) is 6.99. The molecule has 1 unspecified atom stereocenters. The van der Waals surface area contributed by atoms with Crippen molar-refractivity contribution in [1.29, 1.82) is 0 Å². The van der Waals surface area contributed by atoms with Gasteiger partial charge in [-0.05, 0) is 12.8 Å². The highest BCUT2D eigenvalue weighted by Crippen LogP contribution is 2.27. The smallest absolute Gasteiger partial charge is 0.323 e. The number of nitrogens with zero attached hydrogens (tertiary/aromatic N) is 4. The van der Waals surface area contributed by atoms with Crippen molar-refractivity contribution in [3.63, 3.8) is 0 Å². The summed E-state index contributed by atoms with van der Waals surface area (Å²) in [6.07, 6.45) is 8.40. The van der Waals surface area contributed by atoms with Crippen LogP contribution in [0.25, 0.3) is 0 Å². The molecular weight excluding hydrogens is 314 g/mol. The number of methoxy groups -OCH3 is 1. The van der Waals surface area contributed by atoms with E-state index in [2.05, 4.69) is 26.8 Å². The first-order valence-corrected chi connectivity index (χ1v) is 8.60. The lowest BCUT2D eigenvalue weighted by Gasteiger charge is -2.33. The molecule has 0 saturated carbocycles. The number of urea groups is 1. The Bertz CT molecular complexity index is 668. The van der Waals surface area contributed by atoms with E-state index in [1.54, 1.807) is 13.3 Å². The molecule has 7 nitrogen and oxygen atoms in total. The molecule has 23 heavy (non-hydrogen) atoms. The van der Waals surface area contributed by atoms with Gasteiger partial charge in [0.05, 0.1) is 19.3 Å². The normalized spacial score (nSPS) is 18.0. The van der Waals surface area contributed by atoms with Crippen LogP contribution in [-0.2, 0) is 6.42 Å². The number of amides is 2. The number of rotatable bonds is 4. The number of piperidine rings is 1. The molecule has 2 aromatic heterocycles. The molecule has 1 saturated heterocycles. The average molecular weight is 335 g/mol. The standard InChI is InChI=1S/C15H21N5O2S/c1-3-12-16-6-8-20(12)11-5-4-7-19(10-11)15(21)18-14-17-9-13(22-2)23-14/h6,8-9,11H,3-5,7,10H2,1-2H3,(H,17,18,21). The van der Waals surface area contributed by atoms with E-state index in [0.717, 1.165) is 31.6 Å². The number of ether oxygens (including phenoxy) is 1. The Kier molecular flexibility index (Phi) is 4.80. The number of hydrogen-bond acceptors (Lipinski definition) is 5. The van der Waals surface area contributed by atoms with Crippen molar-refractivity contribution >= 4 is 22.5 Å². The number of hydrogen-bond donors (Lipinski definition) is 1. The van der Waals surface area contributed by atoms with E-state index < -0.39 is 0 Å². The maximum Gasteiger partial charge on any atom is 0.323 e. The molecule has 1 atom stereocenters. The van der Waals surface area contributed by atoms with Crippen LogP contribution < -0.4 is 10.1 Å². The number of nitrogens with one attached hydrogen (secondary N) is 1. The van der Waals surface area contributed by atoms with E-state index >= 15 is 0 Å². The lowest BCUT2D eigenvalue weighted by Crippen LogP contribution is -2.43. The Balaban J connectivity index is 1.64. The summed E-state index contributed by atoms with van der Waals surface area (Å²) in [5.41, 5.74) is 0. The molecule has 1 fully saturated rings. The van der Waals surface area contributed by atoms with Crippen LogP contribution in [0.3, 0.4) is 0 Å². The number of thiazole rings is 1. The van der Waals surface area contributed by atoms with Crippen LogP contribution in [0.2, 0.25) is 0 Å². The molecule has 8 heteroatoms. The Morgan fingerprint density at radius 2 is 2.39 bits per heavy atom. The first-order valence-electron chi connectivity index (χ1n) is 7.78. The van der Waals surface area contributed by atoms with E-state index in [0.29, 0.717) is 16.7 Å². The molecule has 0 aromatic carbocycles. The van der Waals surface area contributed by atoms with Gasteiger partial charge in [0.25, 0.3) is 0 Å². The number of aryl methyl sites for hydroxylation is 1. The molecular formula is C15H21N5O2S. The fourth-order valence-electron chi connectivity index (χ4n) is 2.90. The average Bonchev–Trinajstić information content (AvgIpc) is 3.23. The van der Waals surface area contributed by atoms with Crippen LogP contribution in [0.15, 0.2) is 18.6 Å². The van der Waals surface area contributed by atoms with E-state index in [1.165, 1.54) is 11.3 Å². The third-order valence-corrected chi connectivity index (χ3v) is 4.92. The maximum atomic E-state index is 12.5. The first-order chi connectivity index (χ1) is 11.2. The van der Waals surface area contributed by atoms with Gasteiger partial charge in [-0.25, -0.2) is 14.8 Å². The highest BCUT2D eigenvalue weighted by molar-refractivity contribution is 7.17. The maximum absolute atomic E-state index is 12.5. The van der Waals surface area contributed by atoms with Crippen LogP contribution in [0, 0.1) is 0 Å². The minimum absolute atomic E-state index is 0.107. The molecule has 0 spiro atoms. The number of anilines is 1. The fraction of sp³-hybridized carbons (Fsp3) is 0.533. The Morgan fingerprint density at radius 3 is 3.13 bits per heavy atom. The minimum Gasteiger partial charge on any atom is -0.486 e. The third-order valence-electron chi connectivity index (χ3n) is 4.04. The molecule has 1 aliphatic heterocycles. The van der Waals surface area contributed by atoms with E-state index in [1.807, 2.05) is 17.3 Å². The Labute approximate surface area is 139 Å². The molecule has 2 amide bonds. The van der Waals surface area contributed by atoms with Gasteiger partial charge in [0, 0.05) is 31.9 Å². The summed E-state index contributed by atoms with van der Waals surface area (Å²) in [4.78, 5) is 22.8. The molecule has 0 aliphatic carbocycles. The van der Waals surface area contributed by atoms with Gasteiger partial charge in [0.15, 0.2) is 10.2 Å². The van der Waals surface area contributed by atoms with Gasteiger partial charge in [0.1, 0.15) is 5.82 Å². The van der Waals surface area contributed by atoms with Gasteiger partial charge in [-0.1, -0.05) is 18.3 Å². The molecule has 1 N–H and O–H groups in total. The van der Waals surface area contributed by atoms with Gasteiger partial charge in [-0.2, -0.15) is 0 Å². The third kappa shape index (κ3) is 3.47. The van der Waals surface area contributed by atoms with Crippen molar-refractivity contribution in [3.8, 4) is 5.06 Å². The Hall–Kier alpha value is -2.09. The zero-order valence-electron chi connectivity index (χ0n) is 13.4. The number of likely N-dealkylation sites (tertiary alicyclic amines) is 1. The van der Waals surface area contributed by atoms with Crippen LogP contribution in [0.5, 0.6) is 5.06 Å². The number of carbonyl (C=O) groups excluding carboxylic acids is 1.